The Morgan fingerprint density at radius 1 is 0.468 bits per heavy atom. The number of hydrogen-bond donors (Lipinski definition) is 2. The Balaban J connectivity index is -0.00000211. The van der Waals surface area contributed by atoms with Gasteiger partial charge in [-0.05, 0) is 12.8 Å². The number of hydrogen-bond acceptors (Lipinski definition) is 10. The summed E-state index contributed by atoms with van der Waals surface area (Å²) in [6, 6.07) is 0. The molecule has 1 unspecified atom stereocenters. The number of nitrogens with zero attached hydrogens (tertiary/aromatic N) is 2. The largest absolute Gasteiger partial charge is 0.790 e. The highest BCUT2D eigenvalue weighted by Gasteiger charge is 2.18. The molecule has 0 fully saturated rings. The summed E-state index contributed by atoms with van der Waals surface area (Å²) in [5.41, 5.74) is 0. The number of aliphatic hydroxyl groups is 2. The van der Waals surface area contributed by atoms with E-state index in [1.807, 2.05) is 0 Å². The number of unbranched alkanes of at least 4 members (excludes halogenated alkanes) is 28. The normalized spacial score (nSPS) is 12.3. The first-order valence-corrected chi connectivity index (χ1v) is 26.7. The van der Waals surface area contributed by atoms with E-state index in [9.17, 15) is 23.9 Å². The molecule has 0 aliphatic carbocycles. The van der Waals surface area contributed by atoms with Crippen molar-refractivity contribution in [2.75, 3.05) is 81.8 Å². The molecule has 0 radical (unpaired) electrons. The van der Waals surface area contributed by atoms with Crippen LogP contribution in [0, 0.1) is 0 Å². The maximum atomic E-state index is 12.3. The number of likely N-dealkylation sites (N-methyl/N-ethyl adjacent to an activating group) is 2. The molecule has 12 nitrogen and oxygen atoms in total. The number of phosphoric acid groups is 1. The van der Waals surface area contributed by atoms with E-state index >= 15 is 0 Å². The van der Waals surface area contributed by atoms with Crippen LogP contribution in [0.3, 0.4) is 0 Å². The maximum absolute atomic E-state index is 12.3. The Kier molecular flexibility index (Phi) is 48.8. The topological polar surface area (TPSA) is 165 Å². The highest BCUT2D eigenvalue weighted by atomic mass is 31.2. The zero-order valence-corrected chi connectivity index (χ0v) is 42.8. The first kappa shape index (κ1) is 65.2. The van der Waals surface area contributed by atoms with Gasteiger partial charge in [0.1, 0.15) is 19.7 Å². The molecule has 374 valence electrons. The van der Waals surface area contributed by atoms with Crippen LogP contribution < -0.4 is 9.79 Å². The van der Waals surface area contributed by atoms with Gasteiger partial charge in [-0.15, -0.1) is 0 Å². The minimum atomic E-state index is -5.24. The molecule has 0 aromatic heterocycles. The molecule has 0 aromatic rings. The van der Waals surface area contributed by atoms with Crippen LogP contribution in [0.15, 0.2) is 0 Å². The molecule has 0 rings (SSSR count). The molecule has 0 spiro atoms. The number of esters is 2. The second kappa shape index (κ2) is 46.4. The Morgan fingerprint density at radius 2 is 0.742 bits per heavy atom. The Hall–Kier alpha value is -1.11. The zero-order chi connectivity index (χ0) is 47.2. The monoisotopic (exact) mass is 911 g/mol. The molecular weight excluding hydrogens is 808 g/mol. The van der Waals surface area contributed by atoms with Gasteiger partial charge in [0.2, 0.25) is 0 Å². The lowest BCUT2D eigenvalue weighted by Crippen LogP contribution is -2.36. The third-order valence-corrected chi connectivity index (χ3v) is 11.1. The van der Waals surface area contributed by atoms with Crippen LogP contribution in [0.4, 0.5) is 0 Å². The van der Waals surface area contributed by atoms with Gasteiger partial charge in [0.25, 0.3) is 0 Å². The number of phosphoric ester groups is 1. The predicted octanol–water partition coefficient (Wildman–Crippen LogP) is 10.2. The van der Waals surface area contributed by atoms with Crippen molar-refractivity contribution >= 4 is 19.8 Å². The lowest BCUT2D eigenvalue weighted by atomic mass is 10.0. The summed E-state index contributed by atoms with van der Waals surface area (Å²) in [5.74, 6) is -0.941. The fourth-order valence-corrected chi connectivity index (χ4v) is 7.02. The molecule has 0 saturated heterocycles. The van der Waals surface area contributed by atoms with Crippen molar-refractivity contribution in [3.63, 3.8) is 0 Å². The summed E-state index contributed by atoms with van der Waals surface area (Å²) in [6.45, 7) is 5.75. The molecule has 0 bridgehead atoms. The minimum absolute atomic E-state index is 0.189. The number of aliphatic hydroxyl groups excluding tert-OH is 2. The van der Waals surface area contributed by atoms with Crippen LogP contribution in [-0.4, -0.2) is 119 Å². The number of ether oxygens (including phenoxy) is 2. The summed E-state index contributed by atoms with van der Waals surface area (Å²) in [4.78, 5) is 46.5. The quantitative estimate of drug-likeness (QED) is 0.0261. The Bertz CT molecular complexity index is 984. The molecule has 0 amide bonds. The van der Waals surface area contributed by atoms with Gasteiger partial charge in [-0.1, -0.05) is 194 Å². The van der Waals surface area contributed by atoms with Gasteiger partial charge in [0.05, 0.1) is 69.9 Å². The van der Waals surface area contributed by atoms with Crippen molar-refractivity contribution in [3.05, 3.63) is 0 Å². The number of rotatable bonds is 42. The molecule has 2 N–H and O–H groups in total. The molecule has 13 heteroatoms. The number of quaternary nitrogens is 2. The molecule has 62 heavy (non-hydrogen) atoms. The van der Waals surface area contributed by atoms with E-state index < -0.39 is 32.5 Å². The van der Waals surface area contributed by atoms with Gasteiger partial charge in [-0.25, -0.2) is 0 Å². The minimum Gasteiger partial charge on any atom is -0.790 e. The third-order valence-electron chi connectivity index (χ3n) is 10.7. The van der Waals surface area contributed by atoms with Crippen molar-refractivity contribution in [2.24, 2.45) is 0 Å². The van der Waals surface area contributed by atoms with Gasteiger partial charge in [-0.2, -0.15) is 0 Å². The number of carbonyl (C=O) groups excluding carboxylic acids is 2. The van der Waals surface area contributed by atoms with Gasteiger partial charge in [0.15, 0.2) is 6.10 Å². The molecular formula is C49H103N2O10P. The molecule has 0 aliphatic heterocycles. The lowest BCUT2D eigenvalue weighted by Gasteiger charge is -2.30. The Morgan fingerprint density at radius 3 is 0.984 bits per heavy atom. The summed E-state index contributed by atoms with van der Waals surface area (Å²) in [7, 11) is 7.07. The molecule has 0 aromatic carbocycles. The molecule has 0 heterocycles. The second-order valence-corrected chi connectivity index (χ2v) is 20.6. The third kappa shape index (κ3) is 63.2. The predicted molar refractivity (Wildman–Crippen MR) is 253 cm³/mol. The van der Waals surface area contributed by atoms with E-state index in [0.29, 0.717) is 12.8 Å². The second-order valence-electron chi connectivity index (χ2n) is 19.4. The van der Waals surface area contributed by atoms with Crippen molar-refractivity contribution in [1.29, 1.82) is 0 Å². The van der Waals surface area contributed by atoms with Crippen LogP contribution in [0.5, 0.6) is 0 Å². The average Bonchev–Trinajstić information content (AvgIpc) is 3.18. The van der Waals surface area contributed by atoms with Gasteiger partial charge in [-0.3, -0.25) is 9.59 Å². The highest BCUT2D eigenvalue weighted by molar-refractivity contribution is 7.43. The lowest BCUT2D eigenvalue weighted by molar-refractivity contribution is -0.870. The van der Waals surface area contributed by atoms with E-state index in [0.717, 1.165) is 54.2 Å². The smallest absolute Gasteiger partial charge is 0.306 e. The molecule has 0 aliphatic rings. The van der Waals surface area contributed by atoms with Crippen molar-refractivity contribution in [2.45, 2.75) is 225 Å². The van der Waals surface area contributed by atoms with Crippen LogP contribution in [0.1, 0.15) is 219 Å². The van der Waals surface area contributed by atoms with Crippen LogP contribution in [0.2, 0.25) is 0 Å². The number of carbonyl (C=O) groups is 2. The van der Waals surface area contributed by atoms with E-state index in [1.54, 1.807) is 0 Å². The van der Waals surface area contributed by atoms with Crippen LogP contribution in [0.25, 0.3) is 0 Å². The Labute approximate surface area is 383 Å². The SMILES string of the molecule is CCCCCCCCCCCCCCCCCC(=O)OCC(COP(=O)([O-])[O-])OC(=O)CCCCCCCCCCCCCCCCC.C[N+](C)(C)CCO.C[N+](C)(C)CCO. The summed E-state index contributed by atoms with van der Waals surface area (Å²) in [6.07, 6.45) is 36.3. The fraction of sp³-hybridized carbons (Fsp3) is 0.959. The summed E-state index contributed by atoms with van der Waals surface area (Å²) >= 11 is 0. The van der Waals surface area contributed by atoms with E-state index in [1.165, 1.54) is 148 Å². The standard InChI is InChI=1S/C39H77O8P.2C5H14NO/c1-3-5-7-9-11-13-15-17-19-21-23-25-27-29-31-33-38(40)45-35-37(36-46-48(42,43)44)47-39(41)34-32-30-28-26-24-22-20-18-16-14-12-10-8-6-4-2;2*1-6(2,3)4-5-7/h37H,3-36H2,1-2H3,(H2,42,43,44);2*7H,4-5H2,1-3H3/q;2*+1/p-2. The first-order chi connectivity index (χ1) is 29.4. The average molecular weight is 911 g/mol. The fourth-order valence-electron chi connectivity index (χ4n) is 6.67. The zero-order valence-electron chi connectivity index (χ0n) is 41.9. The van der Waals surface area contributed by atoms with Crippen molar-refractivity contribution in [3.8, 4) is 0 Å². The highest BCUT2D eigenvalue weighted by Crippen LogP contribution is 2.25. The van der Waals surface area contributed by atoms with Crippen LogP contribution >= 0.6 is 7.82 Å². The van der Waals surface area contributed by atoms with Crippen molar-refractivity contribution < 1.29 is 57.1 Å². The van der Waals surface area contributed by atoms with E-state index in [2.05, 4.69) is 60.7 Å². The molecule has 1 atom stereocenters. The van der Waals surface area contributed by atoms with E-state index in [4.69, 9.17) is 19.7 Å². The summed E-state index contributed by atoms with van der Waals surface area (Å²) in [5, 5.41) is 16.8. The van der Waals surface area contributed by atoms with Gasteiger partial charge >= 0.3 is 11.9 Å². The summed E-state index contributed by atoms with van der Waals surface area (Å²) < 4.78 is 27.5. The van der Waals surface area contributed by atoms with Gasteiger partial charge < -0.3 is 47.5 Å². The van der Waals surface area contributed by atoms with Crippen LogP contribution in [-0.2, 0) is 28.2 Å². The first-order valence-electron chi connectivity index (χ1n) is 25.2. The van der Waals surface area contributed by atoms with Crippen molar-refractivity contribution in [1.82, 2.24) is 0 Å². The maximum Gasteiger partial charge on any atom is 0.306 e. The van der Waals surface area contributed by atoms with Gasteiger partial charge in [0, 0.05) is 12.8 Å². The molecule has 0 saturated carbocycles. The van der Waals surface area contributed by atoms with E-state index in [-0.39, 0.29) is 32.7 Å².